The van der Waals surface area contributed by atoms with Crippen molar-refractivity contribution in [1.29, 1.82) is 0 Å². The molecule has 114 valence electrons. The first kappa shape index (κ1) is 15.2. The van der Waals surface area contributed by atoms with Gasteiger partial charge in [-0.1, -0.05) is 0 Å². The van der Waals surface area contributed by atoms with Gasteiger partial charge in [0.1, 0.15) is 12.3 Å². The van der Waals surface area contributed by atoms with Gasteiger partial charge in [-0.2, -0.15) is 0 Å². The Morgan fingerprint density at radius 3 is 2.33 bits per heavy atom. The van der Waals surface area contributed by atoms with Crippen LogP contribution in [-0.4, -0.2) is 46.7 Å². The fourth-order valence-corrected chi connectivity index (χ4v) is 2.16. The van der Waals surface area contributed by atoms with Crippen LogP contribution in [0.5, 0.6) is 5.75 Å². The van der Waals surface area contributed by atoms with Gasteiger partial charge in [0.05, 0.1) is 0 Å². The number of urea groups is 1. The van der Waals surface area contributed by atoms with Crippen LogP contribution in [0, 0.1) is 5.92 Å². The molecule has 0 unspecified atom stereocenters. The normalized spacial score (nSPS) is 13.8. The Bertz CT molecular complexity index is 511. The third-order valence-electron chi connectivity index (χ3n) is 3.51. The largest absolute Gasteiger partial charge is 0.508 e. The topological polar surface area (TPSA) is 81.1 Å². The summed E-state index contributed by atoms with van der Waals surface area (Å²) in [4.78, 5) is 26.5. The molecule has 0 spiro atoms. The Hall–Kier alpha value is -2.24. The van der Waals surface area contributed by atoms with E-state index in [0.29, 0.717) is 24.7 Å². The summed E-state index contributed by atoms with van der Waals surface area (Å²) in [5.41, 5.74) is 0.467. The predicted molar refractivity (Wildman–Crippen MR) is 78.5 cm³/mol. The van der Waals surface area contributed by atoms with Crippen molar-refractivity contribution in [2.24, 2.45) is 5.92 Å². The number of anilines is 1. The monoisotopic (exact) mass is 292 g/mol. The van der Waals surface area contributed by atoms with Crippen molar-refractivity contribution in [3.8, 4) is 5.75 Å². The predicted octanol–water partition coefficient (Wildman–Crippen LogP) is 2.14. The van der Waals surface area contributed by atoms with Gasteiger partial charge in [0.15, 0.2) is 0 Å². The van der Waals surface area contributed by atoms with Gasteiger partial charge in [0.2, 0.25) is 0 Å². The van der Waals surface area contributed by atoms with Gasteiger partial charge in [-0.05, 0) is 49.9 Å². The third-order valence-corrected chi connectivity index (χ3v) is 3.51. The highest BCUT2D eigenvalue weighted by atomic mass is 16.4. The van der Waals surface area contributed by atoms with Crippen molar-refractivity contribution < 1.29 is 19.8 Å². The van der Waals surface area contributed by atoms with Crippen molar-refractivity contribution in [2.45, 2.75) is 19.8 Å². The van der Waals surface area contributed by atoms with E-state index in [4.69, 9.17) is 5.11 Å². The Labute approximate surface area is 123 Å². The fourth-order valence-electron chi connectivity index (χ4n) is 2.16. The van der Waals surface area contributed by atoms with Gasteiger partial charge in [-0.25, -0.2) is 4.79 Å². The van der Waals surface area contributed by atoms with Crippen LogP contribution in [0.3, 0.4) is 0 Å². The molecule has 1 aromatic carbocycles. The van der Waals surface area contributed by atoms with Gasteiger partial charge in [0, 0.05) is 18.8 Å². The van der Waals surface area contributed by atoms with Gasteiger partial charge in [-0.3, -0.25) is 9.69 Å². The third kappa shape index (κ3) is 4.11. The number of hydrogen-bond donors (Lipinski definition) is 2. The number of nitrogens with zero attached hydrogens (tertiary/aromatic N) is 2. The lowest BCUT2D eigenvalue weighted by molar-refractivity contribution is -0.135. The fraction of sp³-hybridized carbons (Fsp3) is 0.467. The van der Waals surface area contributed by atoms with Crippen molar-refractivity contribution >= 4 is 17.7 Å². The summed E-state index contributed by atoms with van der Waals surface area (Å²) < 4.78 is 0. The Balaban J connectivity index is 2.18. The number of rotatable bonds is 6. The van der Waals surface area contributed by atoms with Gasteiger partial charge >= 0.3 is 12.0 Å². The summed E-state index contributed by atoms with van der Waals surface area (Å²) in [5.74, 6) is -0.453. The summed E-state index contributed by atoms with van der Waals surface area (Å²) in [5, 5.41) is 18.3. The molecule has 6 nitrogen and oxygen atoms in total. The molecule has 0 radical (unpaired) electrons. The lowest BCUT2D eigenvalue weighted by Crippen LogP contribution is -2.46. The van der Waals surface area contributed by atoms with E-state index in [-0.39, 0.29) is 11.8 Å². The molecule has 1 aliphatic rings. The summed E-state index contributed by atoms with van der Waals surface area (Å²) >= 11 is 0. The molecule has 21 heavy (non-hydrogen) atoms. The number of phenolic OH excluding ortho intramolecular Hbond substituents is 1. The molecule has 2 N–H and O–H groups in total. The standard InChI is InChI=1S/C15H20N2O4/c1-2-16(9-11-3-4-11)15(21)17(10-14(19)20)12-5-7-13(18)8-6-12/h5-8,11,18H,2-4,9-10H2,1H3,(H,19,20). The van der Waals surface area contributed by atoms with Crippen molar-refractivity contribution in [3.05, 3.63) is 24.3 Å². The SMILES string of the molecule is CCN(CC1CC1)C(=O)N(CC(=O)O)c1ccc(O)cc1. The van der Waals surface area contributed by atoms with E-state index in [1.807, 2.05) is 6.92 Å². The van der Waals surface area contributed by atoms with E-state index in [1.54, 1.807) is 17.0 Å². The Morgan fingerprint density at radius 1 is 1.24 bits per heavy atom. The number of phenols is 1. The molecule has 0 atom stereocenters. The van der Waals surface area contributed by atoms with Crippen LogP contribution in [0.4, 0.5) is 10.5 Å². The van der Waals surface area contributed by atoms with Crippen LogP contribution in [0.25, 0.3) is 0 Å². The molecule has 0 aromatic heterocycles. The summed E-state index contributed by atoms with van der Waals surface area (Å²) in [6, 6.07) is 5.66. The van der Waals surface area contributed by atoms with E-state index in [1.165, 1.54) is 17.0 Å². The molecule has 0 bridgehead atoms. The molecule has 0 saturated heterocycles. The van der Waals surface area contributed by atoms with Crippen molar-refractivity contribution in [2.75, 3.05) is 24.5 Å². The number of benzene rings is 1. The number of amides is 2. The second kappa shape index (κ2) is 6.47. The molecular weight excluding hydrogens is 272 g/mol. The average Bonchev–Trinajstić information content (AvgIpc) is 3.26. The van der Waals surface area contributed by atoms with Gasteiger partial charge < -0.3 is 15.1 Å². The minimum atomic E-state index is -1.07. The van der Waals surface area contributed by atoms with E-state index >= 15 is 0 Å². The molecule has 1 saturated carbocycles. The number of carboxylic acid groups (broad SMARTS) is 1. The van der Waals surface area contributed by atoms with Gasteiger partial charge in [0.25, 0.3) is 0 Å². The van der Waals surface area contributed by atoms with Crippen LogP contribution >= 0.6 is 0 Å². The minimum Gasteiger partial charge on any atom is -0.508 e. The highest BCUT2D eigenvalue weighted by Gasteiger charge is 2.29. The van der Waals surface area contributed by atoms with Crippen LogP contribution in [0.2, 0.25) is 0 Å². The Kier molecular flexibility index (Phi) is 4.67. The van der Waals surface area contributed by atoms with Crippen LogP contribution in [-0.2, 0) is 4.79 Å². The van der Waals surface area contributed by atoms with Crippen LogP contribution in [0.1, 0.15) is 19.8 Å². The average molecular weight is 292 g/mol. The molecule has 2 amide bonds. The highest BCUT2D eigenvalue weighted by Crippen LogP contribution is 2.30. The summed E-state index contributed by atoms with van der Waals surface area (Å²) in [6.45, 7) is 2.70. The van der Waals surface area contributed by atoms with Gasteiger partial charge in [-0.15, -0.1) is 0 Å². The van der Waals surface area contributed by atoms with Crippen LogP contribution in [0.15, 0.2) is 24.3 Å². The number of carbonyl (C=O) groups is 2. The van der Waals surface area contributed by atoms with Crippen molar-refractivity contribution in [3.63, 3.8) is 0 Å². The van der Waals surface area contributed by atoms with Crippen LogP contribution < -0.4 is 4.90 Å². The number of carboxylic acids is 1. The molecule has 6 heteroatoms. The highest BCUT2D eigenvalue weighted by molar-refractivity contribution is 5.96. The number of hydrogen-bond acceptors (Lipinski definition) is 3. The van der Waals surface area contributed by atoms with Crippen molar-refractivity contribution in [1.82, 2.24) is 4.90 Å². The molecule has 0 aliphatic heterocycles. The minimum absolute atomic E-state index is 0.0757. The Morgan fingerprint density at radius 2 is 1.86 bits per heavy atom. The zero-order valence-corrected chi connectivity index (χ0v) is 12.0. The maximum Gasteiger partial charge on any atom is 0.325 e. The zero-order chi connectivity index (χ0) is 15.4. The zero-order valence-electron chi connectivity index (χ0n) is 12.0. The number of aromatic hydroxyl groups is 1. The van der Waals surface area contributed by atoms with E-state index in [0.717, 1.165) is 12.8 Å². The first-order valence-electron chi connectivity index (χ1n) is 7.08. The first-order valence-corrected chi connectivity index (χ1v) is 7.08. The molecule has 1 fully saturated rings. The summed E-state index contributed by atoms with van der Waals surface area (Å²) in [7, 11) is 0. The lowest BCUT2D eigenvalue weighted by atomic mass is 10.2. The first-order chi connectivity index (χ1) is 10.0. The quantitative estimate of drug-likeness (QED) is 0.841. The second-order valence-corrected chi connectivity index (χ2v) is 5.26. The van der Waals surface area contributed by atoms with E-state index in [2.05, 4.69) is 0 Å². The smallest absolute Gasteiger partial charge is 0.325 e. The molecule has 2 rings (SSSR count). The second-order valence-electron chi connectivity index (χ2n) is 5.26. The molecule has 1 aliphatic carbocycles. The van der Waals surface area contributed by atoms with E-state index in [9.17, 15) is 14.7 Å². The summed E-state index contributed by atoms with van der Waals surface area (Å²) in [6.07, 6.45) is 2.25. The van der Waals surface area contributed by atoms with E-state index < -0.39 is 12.5 Å². The maximum absolute atomic E-state index is 12.6. The molecular formula is C15H20N2O4. The maximum atomic E-state index is 12.6. The number of carbonyl (C=O) groups excluding carboxylic acids is 1. The number of aliphatic carboxylic acids is 1. The molecule has 0 heterocycles. The molecule has 1 aromatic rings. The lowest BCUT2D eigenvalue weighted by Gasteiger charge is -2.29.